The Kier molecular flexibility index (Phi) is 13.4. The van der Waals surface area contributed by atoms with Gasteiger partial charge in [0.1, 0.15) is 31.0 Å². The number of rotatable bonds is 13. The van der Waals surface area contributed by atoms with Crippen LogP contribution < -0.4 is 0 Å². The molecule has 0 amide bonds. The van der Waals surface area contributed by atoms with Gasteiger partial charge in [-0.15, -0.1) is 0 Å². The lowest BCUT2D eigenvalue weighted by Gasteiger charge is -2.49. The fraction of sp³-hybridized carbons (Fsp3) is 0.933. The fourth-order valence-corrected chi connectivity index (χ4v) is 7.04. The summed E-state index contributed by atoms with van der Waals surface area (Å²) in [5.74, 6) is -0.317. The number of carbonyl (C=O) groups is 2. The second kappa shape index (κ2) is 13.5. The topological polar surface area (TPSA) is 80.3 Å². The zero-order valence-corrected chi connectivity index (χ0v) is 32.5. The molecule has 10 heteroatoms. The Labute approximate surface area is 250 Å². The predicted octanol–water partition coefficient (Wildman–Crippen LogP) is 7.96. The van der Waals surface area contributed by atoms with E-state index in [1.165, 1.54) is 7.11 Å². The molecule has 0 bridgehead atoms. The highest BCUT2D eigenvalue weighted by atomic mass is 28.4. The van der Waals surface area contributed by atoms with E-state index in [0.717, 1.165) is 6.29 Å². The van der Waals surface area contributed by atoms with Gasteiger partial charge in [-0.05, 0) is 75.2 Å². The normalized spacial score (nSPS) is 17.7. The van der Waals surface area contributed by atoms with Crippen LogP contribution in [0.15, 0.2) is 0 Å². The van der Waals surface area contributed by atoms with Crippen LogP contribution in [0, 0.1) is 5.41 Å². The lowest BCUT2D eigenvalue weighted by molar-refractivity contribution is -0.161. The maximum Gasteiger partial charge on any atom is 0.311 e. The molecule has 0 aromatic carbocycles. The molecule has 0 radical (unpaired) electrons. The molecule has 0 N–H and O–H groups in total. The second-order valence-corrected chi connectivity index (χ2v) is 31.1. The number of aldehydes is 1. The first-order chi connectivity index (χ1) is 17.4. The van der Waals surface area contributed by atoms with Crippen LogP contribution >= 0.6 is 0 Å². The summed E-state index contributed by atoms with van der Waals surface area (Å²) in [4.78, 5) is 25.5. The van der Waals surface area contributed by atoms with Crippen molar-refractivity contribution in [1.82, 2.24) is 0 Å². The first kappa shape index (κ1) is 39.6. The number of hydrogen-bond acceptors (Lipinski definition) is 7. The van der Waals surface area contributed by atoms with E-state index in [0.29, 0.717) is 0 Å². The van der Waals surface area contributed by atoms with Crippen molar-refractivity contribution in [3.05, 3.63) is 0 Å². The number of methoxy groups -OCH3 is 1. The van der Waals surface area contributed by atoms with E-state index in [9.17, 15) is 9.59 Å². The summed E-state index contributed by atoms with van der Waals surface area (Å²) in [7, 11) is -5.73. The molecule has 0 aliphatic heterocycles. The van der Waals surface area contributed by atoms with E-state index in [1.807, 2.05) is 20.8 Å². The molecular formula is C30H64O7Si3. The molecule has 0 unspecified atom stereocenters. The quantitative estimate of drug-likeness (QED) is 0.117. The molecule has 0 aromatic rings. The Balaban J connectivity index is 7.29. The third-order valence-corrected chi connectivity index (χ3v) is 22.6. The molecule has 0 aromatic heterocycles. The molecule has 0 fully saturated rings. The van der Waals surface area contributed by atoms with Gasteiger partial charge in [0, 0.05) is 7.11 Å². The SMILES string of the molecule is CO[C@H](C=O)[C@@H](O[Si](C)(C)C(C)(C)C)[C@H](O[Si](C)(C)C(C)(C)C)[C@H](COC(=O)C(C)(C)C)O[Si](C)(C)C(C)(C)C. The average molecular weight is 621 g/mol. The van der Waals surface area contributed by atoms with Crippen LogP contribution in [0.25, 0.3) is 0 Å². The van der Waals surface area contributed by atoms with E-state index in [2.05, 4.69) is 102 Å². The van der Waals surface area contributed by atoms with Crippen LogP contribution in [0.2, 0.25) is 54.4 Å². The number of esters is 1. The van der Waals surface area contributed by atoms with Crippen molar-refractivity contribution in [2.24, 2.45) is 5.41 Å². The van der Waals surface area contributed by atoms with Gasteiger partial charge in [-0.1, -0.05) is 62.3 Å². The molecule has 0 aliphatic carbocycles. The third-order valence-electron chi connectivity index (χ3n) is 9.14. The minimum atomic E-state index is -2.44. The Morgan fingerprint density at radius 3 is 1.30 bits per heavy atom. The molecule has 4 atom stereocenters. The highest BCUT2D eigenvalue weighted by Crippen LogP contribution is 2.43. The van der Waals surface area contributed by atoms with E-state index in [-0.39, 0.29) is 27.7 Å². The van der Waals surface area contributed by atoms with Crippen molar-refractivity contribution >= 4 is 37.2 Å². The Bertz CT molecular complexity index is 828. The molecule has 0 aliphatic rings. The van der Waals surface area contributed by atoms with Gasteiger partial charge in [0.05, 0.1) is 5.41 Å². The standard InChI is InChI=1S/C30H64O7Si3/c1-27(2,3)26(32)34-21-23(35-38(14,15)28(4,5)6)25(37-40(18,19)30(10,11)12)24(22(20-31)33-13)36-39(16,17)29(7,8)9/h20,22-25H,21H2,1-19H3/t22-,23+,24-,25-/m1/s1. The van der Waals surface area contributed by atoms with E-state index in [4.69, 9.17) is 22.8 Å². The lowest BCUT2D eigenvalue weighted by Crippen LogP contribution is -2.62. The third kappa shape index (κ3) is 10.7. The largest absolute Gasteiger partial charge is 0.462 e. The van der Waals surface area contributed by atoms with Gasteiger partial charge in [0.2, 0.25) is 0 Å². The van der Waals surface area contributed by atoms with Gasteiger partial charge in [0.25, 0.3) is 0 Å². The molecule has 0 saturated heterocycles. The summed E-state index contributed by atoms with van der Waals surface area (Å²) >= 11 is 0. The number of ether oxygens (including phenoxy) is 2. The molecular weight excluding hydrogens is 557 g/mol. The van der Waals surface area contributed by atoms with Crippen LogP contribution in [-0.2, 0) is 32.3 Å². The summed E-state index contributed by atoms with van der Waals surface area (Å²) in [5.41, 5.74) is -0.674. The van der Waals surface area contributed by atoms with Gasteiger partial charge in [0.15, 0.2) is 31.2 Å². The average Bonchev–Trinajstić information content (AvgIpc) is 2.71. The van der Waals surface area contributed by atoms with Crippen molar-refractivity contribution in [2.75, 3.05) is 13.7 Å². The summed E-state index contributed by atoms with van der Waals surface area (Å²) in [6.45, 7) is 38.1. The van der Waals surface area contributed by atoms with Crippen molar-refractivity contribution in [3.8, 4) is 0 Å². The van der Waals surface area contributed by atoms with Gasteiger partial charge >= 0.3 is 5.97 Å². The maximum absolute atomic E-state index is 13.0. The van der Waals surface area contributed by atoms with Crippen LogP contribution in [0.3, 0.4) is 0 Å². The molecule has 0 saturated carbocycles. The number of carbonyl (C=O) groups excluding carboxylic acids is 2. The van der Waals surface area contributed by atoms with Crippen molar-refractivity contribution < 1.29 is 32.3 Å². The maximum atomic E-state index is 13.0. The monoisotopic (exact) mass is 620 g/mol. The molecule has 0 rings (SSSR count). The molecule has 7 nitrogen and oxygen atoms in total. The summed E-state index contributed by atoms with van der Waals surface area (Å²) in [5, 5.41) is -0.357. The Morgan fingerprint density at radius 2 is 1.00 bits per heavy atom. The van der Waals surface area contributed by atoms with Crippen molar-refractivity contribution in [2.45, 2.75) is 162 Å². The van der Waals surface area contributed by atoms with Crippen LogP contribution in [0.4, 0.5) is 0 Å². The smallest absolute Gasteiger partial charge is 0.311 e. The number of hydrogen-bond donors (Lipinski definition) is 0. The lowest BCUT2D eigenvalue weighted by atomic mass is 9.97. The first-order valence-electron chi connectivity index (χ1n) is 14.6. The molecule has 238 valence electrons. The Hall–Kier alpha value is -0.369. The van der Waals surface area contributed by atoms with Crippen molar-refractivity contribution in [3.63, 3.8) is 0 Å². The van der Waals surface area contributed by atoms with Crippen LogP contribution in [0.1, 0.15) is 83.1 Å². The predicted molar refractivity (Wildman–Crippen MR) is 173 cm³/mol. The highest BCUT2D eigenvalue weighted by Gasteiger charge is 2.51. The minimum absolute atomic E-state index is 0.00540. The summed E-state index contributed by atoms with van der Waals surface area (Å²) in [6, 6.07) is 0. The molecule has 0 spiro atoms. The Morgan fingerprint density at radius 1 is 0.650 bits per heavy atom. The minimum Gasteiger partial charge on any atom is -0.462 e. The highest BCUT2D eigenvalue weighted by molar-refractivity contribution is 6.75. The summed E-state index contributed by atoms with van der Waals surface area (Å²) in [6.07, 6.45) is -2.20. The van der Waals surface area contributed by atoms with Gasteiger partial charge in [-0.25, -0.2) is 0 Å². The summed E-state index contributed by atoms with van der Waals surface area (Å²) < 4.78 is 32.8. The van der Waals surface area contributed by atoms with Gasteiger partial charge in [-0.3, -0.25) is 4.79 Å². The van der Waals surface area contributed by atoms with E-state index >= 15 is 0 Å². The molecule has 0 heterocycles. The van der Waals surface area contributed by atoms with E-state index in [1.54, 1.807) is 0 Å². The fourth-order valence-electron chi connectivity index (χ4n) is 3.10. The molecule has 40 heavy (non-hydrogen) atoms. The van der Waals surface area contributed by atoms with Gasteiger partial charge in [-0.2, -0.15) is 0 Å². The first-order valence-corrected chi connectivity index (χ1v) is 23.4. The van der Waals surface area contributed by atoms with Crippen molar-refractivity contribution in [1.29, 1.82) is 0 Å². The second-order valence-electron chi connectivity index (χ2n) is 16.8. The van der Waals surface area contributed by atoms with Crippen LogP contribution in [-0.4, -0.2) is 75.3 Å². The van der Waals surface area contributed by atoms with Crippen LogP contribution in [0.5, 0.6) is 0 Å². The van der Waals surface area contributed by atoms with Gasteiger partial charge < -0.3 is 27.5 Å². The zero-order chi connectivity index (χ0) is 32.3. The zero-order valence-electron chi connectivity index (χ0n) is 29.5. The van der Waals surface area contributed by atoms with E-state index < -0.39 is 54.8 Å².